The first-order chi connectivity index (χ1) is 10.1. The standard InChI is InChI=1S/C16H10BrN3O/c17-13-5-4-10(19)6-11(13)16(21)12-8-20-14-3-1-2-9(7-18)15(12)14/h1-6,8,20H,19H2. The van der Waals surface area contributed by atoms with Crippen molar-refractivity contribution in [2.75, 3.05) is 5.73 Å². The van der Waals surface area contributed by atoms with Crippen LogP contribution in [0.2, 0.25) is 0 Å². The van der Waals surface area contributed by atoms with E-state index in [0.717, 1.165) is 5.52 Å². The first-order valence-corrected chi connectivity index (χ1v) is 7.01. The highest BCUT2D eigenvalue weighted by Crippen LogP contribution is 2.28. The normalized spacial score (nSPS) is 10.5. The molecule has 21 heavy (non-hydrogen) atoms. The summed E-state index contributed by atoms with van der Waals surface area (Å²) in [5.74, 6) is -0.178. The lowest BCUT2D eigenvalue weighted by molar-refractivity contribution is 0.103. The summed E-state index contributed by atoms with van der Waals surface area (Å²) >= 11 is 3.36. The van der Waals surface area contributed by atoms with Crippen molar-refractivity contribution in [3.8, 4) is 6.07 Å². The molecule has 2 aromatic carbocycles. The molecule has 0 bridgehead atoms. The summed E-state index contributed by atoms with van der Waals surface area (Å²) in [4.78, 5) is 15.8. The van der Waals surface area contributed by atoms with Gasteiger partial charge in [-0.15, -0.1) is 0 Å². The molecule has 1 heterocycles. The third-order valence-corrected chi connectivity index (χ3v) is 4.00. The van der Waals surface area contributed by atoms with E-state index in [1.165, 1.54) is 0 Å². The molecule has 0 atom stereocenters. The van der Waals surface area contributed by atoms with Crippen molar-refractivity contribution in [2.24, 2.45) is 0 Å². The number of anilines is 1. The molecule has 102 valence electrons. The monoisotopic (exact) mass is 339 g/mol. The van der Waals surface area contributed by atoms with Crippen LogP contribution in [-0.2, 0) is 0 Å². The Morgan fingerprint density at radius 2 is 2.05 bits per heavy atom. The Kier molecular flexibility index (Phi) is 3.24. The number of aromatic amines is 1. The fourth-order valence-corrected chi connectivity index (χ4v) is 2.75. The molecule has 4 nitrogen and oxygen atoms in total. The number of hydrogen-bond acceptors (Lipinski definition) is 3. The minimum atomic E-state index is -0.178. The highest BCUT2D eigenvalue weighted by Gasteiger charge is 2.18. The van der Waals surface area contributed by atoms with Crippen LogP contribution < -0.4 is 5.73 Å². The molecule has 0 fully saturated rings. The Hall–Kier alpha value is -2.58. The number of hydrogen-bond donors (Lipinski definition) is 2. The van der Waals surface area contributed by atoms with Gasteiger partial charge in [0.05, 0.1) is 11.6 Å². The van der Waals surface area contributed by atoms with Crippen LogP contribution >= 0.6 is 15.9 Å². The molecule has 0 aliphatic rings. The van der Waals surface area contributed by atoms with Gasteiger partial charge in [-0.05, 0) is 30.3 Å². The van der Waals surface area contributed by atoms with Crippen LogP contribution in [0.15, 0.2) is 47.1 Å². The molecule has 0 saturated heterocycles. The minimum absolute atomic E-state index is 0.178. The number of H-pyrrole nitrogens is 1. The lowest BCUT2D eigenvalue weighted by atomic mass is 9.99. The number of nitriles is 1. The number of halogens is 1. The van der Waals surface area contributed by atoms with E-state index in [1.54, 1.807) is 36.5 Å². The Morgan fingerprint density at radius 3 is 2.81 bits per heavy atom. The number of carbonyl (C=O) groups excluding carboxylic acids is 1. The Bertz CT molecular complexity index is 906. The van der Waals surface area contributed by atoms with Gasteiger partial charge in [0.2, 0.25) is 0 Å². The number of nitrogens with two attached hydrogens (primary N) is 1. The first kappa shape index (κ1) is 13.4. The molecule has 0 saturated carbocycles. The summed E-state index contributed by atoms with van der Waals surface area (Å²) in [6.07, 6.45) is 1.63. The van der Waals surface area contributed by atoms with E-state index in [2.05, 4.69) is 27.0 Å². The number of fused-ring (bicyclic) bond motifs is 1. The maximum Gasteiger partial charge on any atom is 0.196 e. The number of nitrogens with zero attached hydrogens (tertiary/aromatic N) is 1. The summed E-state index contributed by atoms with van der Waals surface area (Å²) in [7, 11) is 0. The SMILES string of the molecule is N#Cc1cccc2[nH]cc(C(=O)c3cc(N)ccc3Br)c12. The van der Waals surface area contributed by atoms with Crippen molar-refractivity contribution in [3.63, 3.8) is 0 Å². The predicted molar refractivity (Wildman–Crippen MR) is 85.0 cm³/mol. The zero-order valence-corrected chi connectivity index (χ0v) is 12.4. The summed E-state index contributed by atoms with van der Waals surface area (Å²) in [6.45, 7) is 0. The van der Waals surface area contributed by atoms with Crippen molar-refractivity contribution < 1.29 is 4.79 Å². The minimum Gasteiger partial charge on any atom is -0.399 e. The molecule has 5 heteroatoms. The molecule has 3 N–H and O–H groups in total. The fourth-order valence-electron chi connectivity index (χ4n) is 2.32. The van der Waals surface area contributed by atoms with Gasteiger partial charge in [0.15, 0.2) is 5.78 Å². The molecule has 0 amide bonds. The highest BCUT2D eigenvalue weighted by molar-refractivity contribution is 9.10. The summed E-state index contributed by atoms with van der Waals surface area (Å²) in [5, 5.41) is 9.86. The van der Waals surface area contributed by atoms with Crippen LogP contribution in [0, 0.1) is 11.3 Å². The third kappa shape index (κ3) is 2.20. The largest absolute Gasteiger partial charge is 0.399 e. The van der Waals surface area contributed by atoms with Crippen LogP contribution in [0.3, 0.4) is 0 Å². The first-order valence-electron chi connectivity index (χ1n) is 6.21. The molecule has 0 unspecified atom stereocenters. The molecule has 0 radical (unpaired) electrons. The van der Waals surface area contributed by atoms with Gasteiger partial charge in [0.1, 0.15) is 0 Å². The molecule has 0 aliphatic carbocycles. The molecule has 3 aromatic rings. The average molecular weight is 340 g/mol. The molecular formula is C16H10BrN3O. The van der Waals surface area contributed by atoms with Crippen LogP contribution in [0.4, 0.5) is 5.69 Å². The molecule has 0 aliphatic heterocycles. The van der Waals surface area contributed by atoms with E-state index >= 15 is 0 Å². The van der Waals surface area contributed by atoms with Gasteiger partial charge >= 0.3 is 0 Å². The van der Waals surface area contributed by atoms with Crippen molar-refractivity contribution in [1.82, 2.24) is 4.98 Å². The van der Waals surface area contributed by atoms with Crippen LogP contribution in [0.25, 0.3) is 10.9 Å². The number of carbonyl (C=O) groups is 1. The maximum atomic E-state index is 12.7. The van der Waals surface area contributed by atoms with Crippen molar-refractivity contribution in [1.29, 1.82) is 5.26 Å². The van der Waals surface area contributed by atoms with E-state index in [4.69, 9.17) is 5.73 Å². The topological polar surface area (TPSA) is 82.7 Å². The lowest BCUT2D eigenvalue weighted by Crippen LogP contribution is -2.03. The van der Waals surface area contributed by atoms with Gasteiger partial charge in [-0.2, -0.15) is 5.26 Å². The highest BCUT2D eigenvalue weighted by atomic mass is 79.9. The number of ketones is 1. The average Bonchev–Trinajstić information content (AvgIpc) is 2.93. The third-order valence-electron chi connectivity index (χ3n) is 3.31. The van der Waals surface area contributed by atoms with Gasteiger partial charge in [0, 0.05) is 38.4 Å². The number of nitrogen functional groups attached to an aromatic ring is 1. The quantitative estimate of drug-likeness (QED) is 0.552. The zero-order valence-electron chi connectivity index (χ0n) is 10.9. The zero-order chi connectivity index (χ0) is 15.0. The lowest BCUT2D eigenvalue weighted by Gasteiger charge is -2.05. The van der Waals surface area contributed by atoms with E-state index in [1.807, 2.05) is 6.07 Å². The second kappa shape index (κ2) is 5.08. The second-order valence-corrected chi connectivity index (χ2v) is 5.47. The fraction of sp³-hybridized carbons (Fsp3) is 0. The summed E-state index contributed by atoms with van der Waals surface area (Å²) < 4.78 is 0.672. The van der Waals surface area contributed by atoms with Crippen molar-refractivity contribution >= 4 is 38.3 Å². The van der Waals surface area contributed by atoms with Crippen LogP contribution in [0.1, 0.15) is 21.5 Å². The summed E-state index contributed by atoms with van der Waals surface area (Å²) in [6, 6.07) is 12.5. The Morgan fingerprint density at radius 1 is 1.24 bits per heavy atom. The van der Waals surface area contributed by atoms with Crippen LogP contribution in [0.5, 0.6) is 0 Å². The smallest absolute Gasteiger partial charge is 0.196 e. The Labute approximate surface area is 129 Å². The van der Waals surface area contributed by atoms with E-state index in [9.17, 15) is 10.1 Å². The van der Waals surface area contributed by atoms with Gasteiger partial charge in [-0.3, -0.25) is 4.79 Å². The number of aromatic nitrogens is 1. The van der Waals surface area contributed by atoms with Crippen molar-refractivity contribution in [2.45, 2.75) is 0 Å². The van der Waals surface area contributed by atoms with Crippen LogP contribution in [-0.4, -0.2) is 10.8 Å². The van der Waals surface area contributed by atoms with E-state index < -0.39 is 0 Å². The molecular weight excluding hydrogens is 330 g/mol. The predicted octanol–water partition coefficient (Wildman–Crippen LogP) is 3.62. The number of rotatable bonds is 2. The molecule has 0 spiro atoms. The molecule has 3 rings (SSSR count). The van der Waals surface area contributed by atoms with Gasteiger partial charge < -0.3 is 10.7 Å². The van der Waals surface area contributed by atoms with Gasteiger partial charge in [-0.1, -0.05) is 22.0 Å². The van der Waals surface area contributed by atoms with Gasteiger partial charge in [-0.25, -0.2) is 0 Å². The second-order valence-electron chi connectivity index (χ2n) is 4.61. The van der Waals surface area contributed by atoms with Crippen molar-refractivity contribution in [3.05, 3.63) is 63.8 Å². The summed E-state index contributed by atoms with van der Waals surface area (Å²) in [5.41, 5.74) is 8.44. The molecule has 1 aromatic heterocycles. The van der Waals surface area contributed by atoms with E-state index in [-0.39, 0.29) is 5.78 Å². The van der Waals surface area contributed by atoms with Gasteiger partial charge in [0.25, 0.3) is 0 Å². The number of benzene rings is 2. The number of nitrogens with one attached hydrogen (secondary N) is 1. The Balaban J connectivity index is 2.24. The maximum absolute atomic E-state index is 12.7. The van der Waals surface area contributed by atoms with E-state index in [0.29, 0.717) is 32.2 Å².